The Morgan fingerprint density at radius 1 is 1.21 bits per heavy atom. The van der Waals surface area contributed by atoms with Gasteiger partial charge >= 0.3 is 0 Å². The maximum atomic E-state index is 4.42. The van der Waals surface area contributed by atoms with E-state index in [0.717, 1.165) is 37.0 Å². The molecule has 0 spiro atoms. The zero-order chi connectivity index (χ0) is 17.3. The summed E-state index contributed by atoms with van der Waals surface area (Å²) in [4.78, 5) is 4.85. The molecule has 0 bridgehead atoms. The zero-order valence-electron chi connectivity index (χ0n) is 15.1. The van der Waals surface area contributed by atoms with Crippen molar-refractivity contribution < 1.29 is 0 Å². The molecular formula is C18H27N5S. The van der Waals surface area contributed by atoms with Gasteiger partial charge in [-0.05, 0) is 51.3 Å². The lowest BCUT2D eigenvalue weighted by Gasteiger charge is -2.38. The molecule has 24 heavy (non-hydrogen) atoms. The first-order valence-corrected chi connectivity index (χ1v) is 9.66. The zero-order valence-corrected chi connectivity index (χ0v) is 15.9. The third-order valence-corrected chi connectivity index (χ3v) is 5.74. The second-order valence-electron chi connectivity index (χ2n) is 6.25. The van der Waals surface area contributed by atoms with Gasteiger partial charge in [0, 0.05) is 17.3 Å². The summed E-state index contributed by atoms with van der Waals surface area (Å²) in [5.74, 6) is 1.98. The van der Waals surface area contributed by atoms with Gasteiger partial charge in [-0.2, -0.15) is 0 Å². The average molecular weight is 346 g/mol. The van der Waals surface area contributed by atoms with Crippen molar-refractivity contribution in [2.45, 2.75) is 46.2 Å². The largest absolute Gasteiger partial charge is 0.361 e. The molecule has 2 aromatic rings. The number of aromatic nitrogens is 3. The highest BCUT2D eigenvalue weighted by molar-refractivity contribution is 7.12. The number of fused-ring (bicyclic) bond motifs is 3. The lowest BCUT2D eigenvalue weighted by atomic mass is 10.0. The van der Waals surface area contributed by atoms with Crippen molar-refractivity contribution in [3.63, 3.8) is 0 Å². The third-order valence-electron chi connectivity index (χ3n) is 4.84. The first-order chi connectivity index (χ1) is 11.6. The van der Waals surface area contributed by atoms with E-state index in [2.05, 4.69) is 49.6 Å². The SMILES string of the molecule is C=C1c2ccsc2-n2c(C)nnc2CN1C1CCN(C)CC1.CC. The molecule has 0 atom stereocenters. The van der Waals surface area contributed by atoms with Crippen LogP contribution in [0.1, 0.15) is 43.9 Å². The van der Waals surface area contributed by atoms with E-state index in [4.69, 9.17) is 0 Å². The normalized spacial score (nSPS) is 18.5. The molecule has 2 aromatic heterocycles. The van der Waals surface area contributed by atoms with Gasteiger partial charge in [-0.1, -0.05) is 20.4 Å². The monoisotopic (exact) mass is 345 g/mol. The van der Waals surface area contributed by atoms with Crippen LogP contribution in [0.2, 0.25) is 0 Å². The van der Waals surface area contributed by atoms with Crippen molar-refractivity contribution in [2.75, 3.05) is 20.1 Å². The van der Waals surface area contributed by atoms with Gasteiger partial charge in [-0.15, -0.1) is 21.5 Å². The Morgan fingerprint density at radius 3 is 2.62 bits per heavy atom. The smallest absolute Gasteiger partial charge is 0.157 e. The van der Waals surface area contributed by atoms with Gasteiger partial charge < -0.3 is 9.80 Å². The van der Waals surface area contributed by atoms with Gasteiger partial charge in [0.2, 0.25) is 0 Å². The minimum atomic E-state index is 0.542. The fourth-order valence-corrected chi connectivity index (χ4v) is 4.51. The number of hydrogen-bond acceptors (Lipinski definition) is 5. The topological polar surface area (TPSA) is 37.2 Å². The van der Waals surface area contributed by atoms with E-state index in [9.17, 15) is 0 Å². The van der Waals surface area contributed by atoms with E-state index in [1.807, 2.05) is 20.8 Å². The number of aryl methyl sites for hydroxylation is 1. The summed E-state index contributed by atoms with van der Waals surface area (Å²) in [5, 5.41) is 12.0. The summed E-state index contributed by atoms with van der Waals surface area (Å²) in [6, 6.07) is 2.72. The predicted octanol–water partition coefficient (Wildman–Crippen LogP) is 3.54. The lowest BCUT2D eigenvalue weighted by molar-refractivity contribution is 0.163. The number of thiophene rings is 1. The van der Waals surface area contributed by atoms with Crippen LogP contribution >= 0.6 is 11.3 Å². The van der Waals surface area contributed by atoms with Gasteiger partial charge in [0.05, 0.1) is 6.54 Å². The van der Waals surface area contributed by atoms with Crippen molar-refractivity contribution in [1.82, 2.24) is 24.6 Å². The standard InChI is InChI=1S/C16H21N5S.C2H6/c1-11-14-6-9-22-16(14)21-12(2)17-18-15(21)10-20(11)13-4-7-19(3)8-5-13;1-2/h6,9,13H,1,4-5,7-8,10H2,2-3H3;1-2H3. The maximum absolute atomic E-state index is 4.42. The molecule has 4 heterocycles. The van der Waals surface area contributed by atoms with Crippen LogP contribution < -0.4 is 0 Å². The van der Waals surface area contributed by atoms with Crippen LogP contribution in [0, 0.1) is 6.92 Å². The summed E-state index contributed by atoms with van der Waals surface area (Å²) in [6.07, 6.45) is 2.37. The minimum Gasteiger partial charge on any atom is -0.361 e. The number of nitrogens with zero attached hydrogens (tertiary/aromatic N) is 5. The van der Waals surface area contributed by atoms with E-state index >= 15 is 0 Å². The molecule has 6 heteroatoms. The van der Waals surface area contributed by atoms with Crippen LogP contribution in [0.25, 0.3) is 10.7 Å². The Labute approximate surface area is 148 Å². The second-order valence-corrected chi connectivity index (χ2v) is 7.14. The quantitative estimate of drug-likeness (QED) is 0.792. The van der Waals surface area contributed by atoms with Gasteiger partial charge in [-0.3, -0.25) is 4.57 Å². The molecule has 1 saturated heterocycles. The van der Waals surface area contributed by atoms with E-state index in [1.54, 1.807) is 11.3 Å². The van der Waals surface area contributed by atoms with Gasteiger partial charge in [-0.25, -0.2) is 0 Å². The Bertz CT molecular complexity index is 709. The first-order valence-electron chi connectivity index (χ1n) is 8.78. The Morgan fingerprint density at radius 2 is 1.92 bits per heavy atom. The molecule has 0 radical (unpaired) electrons. The van der Waals surface area contributed by atoms with Gasteiger partial charge in [0.15, 0.2) is 5.82 Å². The van der Waals surface area contributed by atoms with Crippen LogP contribution in [0.5, 0.6) is 0 Å². The van der Waals surface area contributed by atoms with Crippen LogP contribution in [-0.2, 0) is 6.54 Å². The fraction of sp³-hybridized carbons (Fsp3) is 0.556. The van der Waals surface area contributed by atoms with E-state index in [-0.39, 0.29) is 0 Å². The maximum Gasteiger partial charge on any atom is 0.157 e. The molecule has 5 nitrogen and oxygen atoms in total. The molecule has 0 unspecified atom stereocenters. The number of hydrogen-bond donors (Lipinski definition) is 0. The van der Waals surface area contributed by atoms with Crippen molar-refractivity contribution in [1.29, 1.82) is 0 Å². The van der Waals surface area contributed by atoms with Gasteiger partial charge in [0.25, 0.3) is 0 Å². The Kier molecular flexibility index (Phi) is 5.06. The molecule has 2 aliphatic heterocycles. The second kappa shape index (κ2) is 7.07. The fourth-order valence-electron chi connectivity index (χ4n) is 3.53. The van der Waals surface area contributed by atoms with Crippen molar-refractivity contribution in [3.05, 3.63) is 35.2 Å². The highest BCUT2D eigenvalue weighted by Gasteiger charge is 2.31. The molecule has 4 rings (SSSR count). The van der Waals surface area contributed by atoms with Crippen molar-refractivity contribution in [2.24, 2.45) is 0 Å². The third kappa shape index (κ3) is 2.89. The van der Waals surface area contributed by atoms with Crippen LogP contribution in [0.15, 0.2) is 18.0 Å². The predicted molar refractivity (Wildman–Crippen MR) is 100 cm³/mol. The highest BCUT2D eigenvalue weighted by Crippen LogP contribution is 2.37. The molecule has 2 aliphatic rings. The van der Waals surface area contributed by atoms with Crippen molar-refractivity contribution in [3.8, 4) is 5.00 Å². The van der Waals surface area contributed by atoms with E-state index < -0.39 is 0 Å². The average Bonchev–Trinajstić information content (AvgIpc) is 3.19. The van der Waals surface area contributed by atoms with E-state index in [0.29, 0.717) is 6.04 Å². The van der Waals surface area contributed by atoms with E-state index in [1.165, 1.54) is 23.4 Å². The van der Waals surface area contributed by atoms with Crippen LogP contribution in [-0.4, -0.2) is 50.7 Å². The molecule has 0 N–H and O–H groups in total. The van der Waals surface area contributed by atoms with Crippen LogP contribution in [0.3, 0.4) is 0 Å². The summed E-state index contributed by atoms with van der Waals surface area (Å²) in [5.41, 5.74) is 2.36. The molecule has 130 valence electrons. The summed E-state index contributed by atoms with van der Waals surface area (Å²) in [6.45, 7) is 13.5. The molecule has 0 aromatic carbocycles. The summed E-state index contributed by atoms with van der Waals surface area (Å²) in [7, 11) is 2.20. The van der Waals surface area contributed by atoms with Crippen LogP contribution in [0.4, 0.5) is 0 Å². The highest BCUT2D eigenvalue weighted by atomic mass is 32.1. The summed E-state index contributed by atoms with van der Waals surface area (Å²) >= 11 is 1.74. The molecule has 0 aliphatic carbocycles. The Hall–Kier alpha value is -1.66. The summed E-state index contributed by atoms with van der Waals surface area (Å²) < 4.78 is 2.19. The number of likely N-dealkylation sites (tertiary alicyclic amines) is 1. The Balaban J connectivity index is 0.000000815. The van der Waals surface area contributed by atoms with Crippen molar-refractivity contribution >= 4 is 17.0 Å². The first kappa shape index (κ1) is 17.2. The molecule has 0 amide bonds. The lowest BCUT2D eigenvalue weighted by Crippen LogP contribution is -2.42. The minimum absolute atomic E-state index is 0.542. The molecular weight excluding hydrogens is 318 g/mol. The van der Waals surface area contributed by atoms with Gasteiger partial charge in [0.1, 0.15) is 10.8 Å². The molecule has 1 fully saturated rings. The molecule has 0 saturated carbocycles. The number of rotatable bonds is 1. The number of piperidine rings is 1.